The molecule has 0 aliphatic carbocycles. The van der Waals surface area contributed by atoms with Crippen LogP contribution in [0.5, 0.6) is 0 Å². The monoisotopic (exact) mass is 238 g/mol. The van der Waals surface area contributed by atoms with Crippen LogP contribution in [0.25, 0.3) is 16.9 Å². The summed E-state index contributed by atoms with van der Waals surface area (Å²) in [5, 5.41) is 0. The normalized spacial score (nSPS) is 9.83. The van der Waals surface area contributed by atoms with Crippen LogP contribution in [-0.4, -0.2) is 13.4 Å². The summed E-state index contributed by atoms with van der Waals surface area (Å²) in [6.45, 7) is 3.81. The van der Waals surface area contributed by atoms with Crippen LogP contribution in [0.4, 0.5) is 0 Å². The molecule has 0 saturated carbocycles. The van der Waals surface area contributed by atoms with Crippen molar-refractivity contribution in [2.24, 2.45) is 0 Å². The van der Waals surface area contributed by atoms with Crippen LogP contribution in [0.2, 0.25) is 0 Å². The second kappa shape index (κ2) is 5.32. The fraction of sp³-hybridized carbons (Fsp3) is 0.0625. The van der Waals surface area contributed by atoms with Crippen LogP contribution in [0, 0.1) is 0 Å². The molecule has 2 nitrogen and oxygen atoms in total. The number of benzene rings is 2. The maximum absolute atomic E-state index is 10.6. The molecule has 0 amide bonds. The van der Waals surface area contributed by atoms with Crippen molar-refractivity contribution in [3.8, 4) is 11.1 Å². The van der Waals surface area contributed by atoms with E-state index >= 15 is 0 Å². The van der Waals surface area contributed by atoms with Gasteiger partial charge in [-0.05, 0) is 11.1 Å². The predicted octanol–water partition coefficient (Wildman–Crippen LogP) is 3.78. The van der Waals surface area contributed by atoms with Gasteiger partial charge in [-0.2, -0.15) is 0 Å². The first-order valence-corrected chi connectivity index (χ1v) is 5.63. The summed E-state index contributed by atoms with van der Waals surface area (Å²) in [7, 11) is 1.61. The fourth-order valence-electron chi connectivity index (χ4n) is 1.72. The Hall–Kier alpha value is -2.35. The predicted molar refractivity (Wildman–Crippen MR) is 73.3 cm³/mol. The zero-order chi connectivity index (χ0) is 13.0. The van der Waals surface area contributed by atoms with Crippen molar-refractivity contribution in [1.82, 2.24) is 0 Å². The first kappa shape index (κ1) is 12.1. The van der Waals surface area contributed by atoms with E-state index in [4.69, 9.17) is 4.74 Å². The molecule has 2 heteroatoms. The van der Waals surface area contributed by atoms with Gasteiger partial charge >= 0.3 is 0 Å². The van der Waals surface area contributed by atoms with E-state index in [1.807, 2.05) is 48.5 Å². The molecule has 2 aromatic rings. The third kappa shape index (κ3) is 2.48. The van der Waals surface area contributed by atoms with Gasteiger partial charge in [-0.1, -0.05) is 55.1 Å². The lowest BCUT2D eigenvalue weighted by molar-refractivity contribution is 0.112. The SMILES string of the molecule is C=C(OC)c1ccc(-c2ccc(C=O)cc2)cc1. The van der Waals surface area contributed by atoms with E-state index < -0.39 is 0 Å². The quantitative estimate of drug-likeness (QED) is 0.598. The lowest BCUT2D eigenvalue weighted by Crippen LogP contribution is -1.86. The Balaban J connectivity index is 2.28. The van der Waals surface area contributed by atoms with Gasteiger partial charge in [0.1, 0.15) is 12.0 Å². The Labute approximate surface area is 107 Å². The van der Waals surface area contributed by atoms with Crippen molar-refractivity contribution in [2.75, 3.05) is 7.11 Å². The van der Waals surface area contributed by atoms with Crippen molar-refractivity contribution in [2.45, 2.75) is 0 Å². The van der Waals surface area contributed by atoms with Crippen molar-refractivity contribution in [3.05, 3.63) is 66.2 Å². The van der Waals surface area contributed by atoms with Crippen LogP contribution in [-0.2, 0) is 4.74 Å². The lowest BCUT2D eigenvalue weighted by atomic mass is 10.0. The van der Waals surface area contributed by atoms with Gasteiger partial charge in [0.05, 0.1) is 7.11 Å². The molecule has 0 saturated heterocycles. The second-order valence-corrected chi connectivity index (χ2v) is 3.94. The van der Waals surface area contributed by atoms with E-state index in [1.54, 1.807) is 7.11 Å². The number of hydrogen-bond acceptors (Lipinski definition) is 2. The summed E-state index contributed by atoms with van der Waals surface area (Å²) < 4.78 is 5.08. The minimum Gasteiger partial charge on any atom is -0.497 e. The number of methoxy groups -OCH3 is 1. The molecule has 18 heavy (non-hydrogen) atoms. The molecule has 0 unspecified atom stereocenters. The molecule has 0 N–H and O–H groups in total. The number of carbonyl (C=O) groups excluding carboxylic acids is 1. The van der Waals surface area contributed by atoms with Gasteiger partial charge in [0.2, 0.25) is 0 Å². The number of hydrogen-bond donors (Lipinski definition) is 0. The maximum Gasteiger partial charge on any atom is 0.150 e. The van der Waals surface area contributed by atoms with E-state index in [0.717, 1.165) is 23.0 Å². The second-order valence-electron chi connectivity index (χ2n) is 3.94. The van der Waals surface area contributed by atoms with Gasteiger partial charge in [0.25, 0.3) is 0 Å². The molecule has 0 fully saturated rings. The van der Waals surface area contributed by atoms with Crippen molar-refractivity contribution >= 4 is 12.0 Å². The Morgan fingerprint density at radius 3 is 1.94 bits per heavy atom. The van der Waals surface area contributed by atoms with Crippen molar-refractivity contribution in [1.29, 1.82) is 0 Å². The Morgan fingerprint density at radius 2 is 1.50 bits per heavy atom. The highest BCUT2D eigenvalue weighted by Crippen LogP contribution is 2.22. The zero-order valence-corrected chi connectivity index (χ0v) is 10.2. The molecule has 2 rings (SSSR count). The molecule has 2 aromatic carbocycles. The lowest BCUT2D eigenvalue weighted by Gasteiger charge is -2.06. The van der Waals surface area contributed by atoms with Gasteiger partial charge in [-0.15, -0.1) is 0 Å². The molecule has 0 aliphatic heterocycles. The van der Waals surface area contributed by atoms with Gasteiger partial charge in [-0.3, -0.25) is 4.79 Å². The number of rotatable bonds is 4. The van der Waals surface area contributed by atoms with E-state index in [1.165, 1.54) is 0 Å². The molecular weight excluding hydrogens is 224 g/mol. The van der Waals surface area contributed by atoms with Gasteiger partial charge in [0, 0.05) is 11.1 Å². The molecule has 0 aromatic heterocycles. The minimum atomic E-state index is 0.651. The average Bonchev–Trinajstić information content (AvgIpc) is 2.47. The Bertz CT molecular complexity index is 551. The van der Waals surface area contributed by atoms with Crippen molar-refractivity contribution < 1.29 is 9.53 Å². The summed E-state index contributed by atoms with van der Waals surface area (Å²) in [6, 6.07) is 15.4. The zero-order valence-electron chi connectivity index (χ0n) is 10.2. The largest absolute Gasteiger partial charge is 0.497 e. The molecular formula is C16H14O2. The van der Waals surface area contributed by atoms with E-state index in [2.05, 4.69) is 6.58 Å². The van der Waals surface area contributed by atoms with Crippen LogP contribution in [0.3, 0.4) is 0 Å². The number of ether oxygens (including phenoxy) is 1. The maximum atomic E-state index is 10.6. The van der Waals surface area contributed by atoms with Crippen LogP contribution in [0.1, 0.15) is 15.9 Å². The standard InChI is InChI=1S/C16H14O2/c1-12(18-2)14-7-9-16(10-8-14)15-5-3-13(11-17)4-6-15/h3-11H,1H2,2H3. The average molecular weight is 238 g/mol. The first-order valence-electron chi connectivity index (χ1n) is 5.63. The molecule has 0 radical (unpaired) electrons. The summed E-state index contributed by atoms with van der Waals surface area (Å²) in [5.74, 6) is 0.651. The Morgan fingerprint density at radius 1 is 1.00 bits per heavy atom. The topological polar surface area (TPSA) is 26.3 Å². The highest BCUT2D eigenvalue weighted by molar-refractivity contribution is 5.77. The summed E-state index contributed by atoms with van der Waals surface area (Å²) in [5.41, 5.74) is 3.82. The molecule has 0 spiro atoms. The highest BCUT2D eigenvalue weighted by Gasteiger charge is 2.01. The van der Waals surface area contributed by atoms with Crippen LogP contribution >= 0.6 is 0 Å². The van der Waals surface area contributed by atoms with Gasteiger partial charge in [0.15, 0.2) is 0 Å². The summed E-state index contributed by atoms with van der Waals surface area (Å²) >= 11 is 0. The number of aldehydes is 1. The summed E-state index contributed by atoms with van der Waals surface area (Å²) in [4.78, 5) is 10.6. The summed E-state index contributed by atoms with van der Waals surface area (Å²) in [6.07, 6.45) is 0.843. The highest BCUT2D eigenvalue weighted by atomic mass is 16.5. The molecule has 0 aliphatic rings. The van der Waals surface area contributed by atoms with Crippen molar-refractivity contribution in [3.63, 3.8) is 0 Å². The third-order valence-electron chi connectivity index (χ3n) is 2.83. The number of carbonyl (C=O) groups is 1. The Kier molecular flexibility index (Phi) is 3.58. The molecule has 0 atom stereocenters. The van der Waals surface area contributed by atoms with E-state index in [9.17, 15) is 4.79 Å². The van der Waals surface area contributed by atoms with E-state index in [0.29, 0.717) is 11.3 Å². The fourth-order valence-corrected chi connectivity index (χ4v) is 1.72. The van der Waals surface area contributed by atoms with Gasteiger partial charge in [-0.25, -0.2) is 0 Å². The minimum absolute atomic E-state index is 0.651. The van der Waals surface area contributed by atoms with E-state index in [-0.39, 0.29) is 0 Å². The first-order chi connectivity index (χ1) is 8.74. The smallest absolute Gasteiger partial charge is 0.150 e. The molecule has 0 bridgehead atoms. The van der Waals surface area contributed by atoms with Gasteiger partial charge < -0.3 is 4.74 Å². The van der Waals surface area contributed by atoms with Crippen LogP contribution in [0.15, 0.2) is 55.1 Å². The third-order valence-corrected chi connectivity index (χ3v) is 2.83. The molecule has 90 valence electrons. The molecule has 0 heterocycles. The van der Waals surface area contributed by atoms with Crippen LogP contribution < -0.4 is 0 Å².